The highest BCUT2D eigenvalue weighted by Crippen LogP contribution is 2.54. The molecule has 1 fully saturated rings. The van der Waals surface area contributed by atoms with E-state index in [1.807, 2.05) is 30.3 Å². The van der Waals surface area contributed by atoms with E-state index < -0.39 is 20.2 Å². The average Bonchev–Trinajstić information content (AvgIpc) is 2.95. The molecule has 1 aromatic carbocycles. The maximum absolute atomic E-state index is 12.1. The number of hydrogen-bond acceptors (Lipinski definition) is 7. The van der Waals surface area contributed by atoms with Gasteiger partial charge in [-0.25, -0.2) is 4.57 Å². The molecule has 7 nitrogen and oxygen atoms in total. The first-order valence-corrected chi connectivity index (χ1v) is 8.58. The van der Waals surface area contributed by atoms with E-state index in [0.717, 1.165) is 5.56 Å². The quantitative estimate of drug-likeness (QED) is 0.547. The molecular formula is C14H21O7P. The van der Waals surface area contributed by atoms with Gasteiger partial charge in [-0.15, -0.1) is 0 Å². The second-order valence-electron chi connectivity index (χ2n) is 4.56. The molecule has 22 heavy (non-hydrogen) atoms. The predicted molar refractivity (Wildman–Crippen MR) is 78.1 cm³/mol. The first kappa shape index (κ1) is 17.6. The third-order valence-corrected chi connectivity index (χ3v) is 4.40. The zero-order valence-electron chi connectivity index (χ0n) is 12.4. The summed E-state index contributed by atoms with van der Waals surface area (Å²) in [6.45, 7) is 2.38. The molecule has 0 spiro atoms. The molecule has 0 radical (unpaired) electrons. The Hall–Kier alpha value is -0.790. The van der Waals surface area contributed by atoms with E-state index in [-0.39, 0.29) is 26.4 Å². The molecule has 1 aromatic rings. The Balaban J connectivity index is 1.95. The van der Waals surface area contributed by atoms with Crippen LogP contribution in [0, 0.1) is 0 Å². The van der Waals surface area contributed by atoms with Crippen molar-refractivity contribution in [3.8, 4) is 0 Å². The van der Waals surface area contributed by atoms with Crippen molar-refractivity contribution in [2.24, 2.45) is 0 Å². The number of phosphoric ester groups is 1. The fourth-order valence-electron chi connectivity index (χ4n) is 1.89. The SMILES string of the molecule is CCOC(OP1(=O)OCCO1)C(CO)OCc1ccccc1. The van der Waals surface area contributed by atoms with Crippen molar-refractivity contribution in [2.75, 3.05) is 26.4 Å². The second-order valence-corrected chi connectivity index (χ2v) is 6.18. The van der Waals surface area contributed by atoms with Crippen LogP contribution < -0.4 is 0 Å². The van der Waals surface area contributed by atoms with Gasteiger partial charge in [-0.1, -0.05) is 30.3 Å². The van der Waals surface area contributed by atoms with Gasteiger partial charge >= 0.3 is 7.82 Å². The van der Waals surface area contributed by atoms with Crippen LogP contribution in [-0.2, 0) is 34.2 Å². The number of aliphatic hydroxyl groups is 1. The summed E-state index contributed by atoms with van der Waals surface area (Å²) in [5, 5.41) is 9.50. The van der Waals surface area contributed by atoms with E-state index in [2.05, 4.69) is 0 Å². The van der Waals surface area contributed by atoms with Crippen molar-refractivity contribution >= 4 is 7.82 Å². The lowest BCUT2D eigenvalue weighted by Gasteiger charge is -2.26. The molecule has 2 rings (SSSR count). The molecule has 1 saturated heterocycles. The number of hydrogen-bond donors (Lipinski definition) is 1. The minimum atomic E-state index is -3.63. The number of aliphatic hydroxyl groups excluding tert-OH is 1. The monoisotopic (exact) mass is 332 g/mol. The fourth-order valence-corrected chi connectivity index (χ4v) is 3.13. The maximum Gasteiger partial charge on any atom is 0.477 e. The van der Waals surface area contributed by atoms with Gasteiger partial charge in [0.2, 0.25) is 0 Å². The molecule has 1 aliphatic heterocycles. The molecule has 0 aliphatic carbocycles. The molecule has 0 aromatic heterocycles. The summed E-state index contributed by atoms with van der Waals surface area (Å²) < 4.78 is 38.3. The molecule has 1 heterocycles. The maximum atomic E-state index is 12.1. The van der Waals surface area contributed by atoms with Gasteiger partial charge in [-0.2, -0.15) is 0 Å². The van der Waals surface area contributed by atoms with E-state index in [1.165, 1.54) is 0 Å². The largest absolute Gasteiger partial charge is 0.477 e. The first-order chi connectivity index (χ1) is 10.7. The van der Waals surface area contributed by atoms with Crippen LogP contribution in [-0.4, -0.2) is 43.9 Å². The highest BCUT2D eigenvalue weighted by atomic mass is 31.2. The third-order valence-electron chi connectivity index (χ3n) is 2.94. The molecule has 124 valence electrons. The Morgan fingerprint density at radius 3 is 2.50 bits per heavy atom. The van der Waals surface area contributed by atoms with Gasteiger partial charge in [0.15, 0.2) is 6.29 Å². The van der Waals surface area contributed by atoms with Gasteiger partial charge in [-0.05, 0) is 12.5 Å². The number of rotatable bonds is 9. The average molecular weight is 332 g/mol. The Bertz CT molecular complexity index is 471. The van der Waals surface area contributed by atoms with E-state index in [4.69, 9.17) is 23.0 Å². The summed E-state index contributed by atoms with van der Waals surface area (Å²) in [7, 11) is -3.63. The summed E-state index contributed by atoms with van der Waals surface area (Å²) in [5.74, 6) is 0. The molecule has 8 heteroatoms. The molecule has 0 bridgehead atoms. The Kier molecular flexibility index (Phi) is 6.98. The number of phosphoric acid groups is 1. The van der Waals surface area contributed by atoms with Crippen LogP contribution in [0.5, 0.6) is 0 Å². The van der Waals surface area contributed by atoms with Crippen molar-refractivity contribution in [1.29, 1.82) is 0 Å². The minimum absolute atomic E-state index is 0.199. The zero-order valence-corrected chi connectivity index (χ0v) is 13.3. The molecular weight excluding hydrogens is 311 g/mol. The smallest absolute Gasteiger partial charge is 0.393 e. The van der Waals surface area contributed by atoms with Crippen molar-refractivity contribution in [2.45, 2.75) is 25.9 Å². The standard InChI is InChI=1S/C14H21O7P/c1-2-17-14(21-22(16)19-8-9-20-22)13(10-15)18-11-12-6-4-3-5-7-12/h3-7,13-15H,2,8-11H2,1H3. The van der Waals surface area contributed by atoms with Crippen LogP contribution in [0.15, 0.2) is 30.3 Å². The van der Waals surface area contributed by atoms with Gasteiger partial charge in [-0.3, -0.25) is 13.6 Å². The van der Waals surface area contributed by atoms with E-state index in [9.17, 15) is 9.67 Å². The van der Waals surface area contributed by atoms with Gasteiger partial charge in [0, 0.05) is 6.61 Å². The molecule has 2 atom stereocenters. The number of ether oxygens (including phenoxy) is 2. The Morgan fingerprint density at radius 2 is 1.91 bits per heavy atom. The van der Waals surface area contributed by atoms with Crippen LogP contribution in [0.4, 0.5) is 0 Å². The molecule has 2 unspecified atom stereocenters. The van der Waals surface area contributed by atoms with Crippen LogP contribution in [0.25, 0.3) is 0 Å². The third kappa shape index (κ3) is 5.14. The van der Waals surface area contributed by atoms with E-state index >= 15 is 0 Å². The van der Waals surface area contributed by atoms with Crippen LogP contribution in [0.1, 0.15) is 12.5 Å². The van der Waals surface area contributed by atoms with Gasteiger partial charge in [0.25, 0.3) is 0 Å². The zero-order chi connectivity index (χ0) is 15.8. The fraction of sp³-hybridized carbons (Fsp3) is 0.571. The topological polar surface area (TPSA) is 83.5 Å². The summed E-state index contributed by atoms with van der Waals surface area (Å²) in [6.07, 6.45) is -1.85. The van der Waals surface area contributed by atoms with Gasteiger partial charge in [0.05, 0.1) is 26.4 Å². The summed E-state index contributed by atoms with van der Waals surface area (Å²) >= 11 is 0. The summed E-state index contributed by atoms with van der Waals surface area (Å²) in [4.78, 5) is 0. The van der Waals surface area contributed by atoms with E-state index in [1.54, 1.807) is 6.92 Å². The minimum Gasteiger partial charge on any atom is -0.393 e. The van der Waals surface area contributed by atoms with Crippen LogP contribution in [0.2, 0.25) is 0 Å². The van der Waals surface area contributed by atoms with Crippen molar-refractivity contribution in [3.63, 3.8) is 0 Å². The first-order valence-electron chi connectivity index (χ1n) is 7.12. The van der Waals surface area contributed by atoms with E-state index in [0.29, 0.717) is 6.61 Å². The second kappa shape index (κ2) is 8.74. The van der Waals surface area contributed by atoms with Gasteiger partial charge < -0.3 is 14.6 Å². The van der Waals surface area contributed by atoms with Gasteiger partial charge in [0.1, 0.15) is 6.10 Å². The van der Waals surface area contributed by atoms with Crippen molar-refractivity contribution in [3.05, 3.63) is 35.9 Å². The normalized spacial score (nSPS) is 19.9. The lowest BCUT2D eigenvalue weighted by Crippen LogP contribution is -2.36. The van der Waals surface area contributed by atoms with Crippen molar-refractivity contribution < 1.29 is 32.7 Å². The van der Waals surface area contributed by atoms with Crippen LogP contribution in [0.3, 0.4) is 0 Å². The predicted octanol–water partition coefficient (Wildman–Crippen LogP) is 2.10. The Labute approximate surface area is 129 Å². The molecule has 0 saturated carbocycles. The lowest BCUT2D eigenvalue weighted by molar-refractivity contribution is -0.182. The lowest BCUT2D eigenvalue weighted by atomic mass is 10.2. The van der Waals surface area contributed by atoms with Crippen molar-refractivity contribution in [1.82, 2.24) is 0 Å². The summed E-state index contributed by atoms with van der Waals surface area (Å²) in [6, 6.07) is 9.48. The van der Waals surface area contributed by atoms with Crippen LogP contribution >= 0.6 is 7.82 Å². The molecule has 0 amide bonds. The number of benzene rings is 1. The highest BCUT2D eigenvalue weighted by Gasteiger charge is 2.38. The highest BCUT2D eigenvalue weighted by molar-refractivity contribution is 7.48. The molecule has 1 aliphatic rings. The molecule has 1 N–H and O–H groups in total. The Morgan fingerprint density at radius 1 is 1.23 bits per heavy atom. The summed E-state index contributed by atoms with van der Waals surface area (Å²) in [5.41, 5.74) is 0.941.